The summed E-state index contributed by atoms with van der Waals surface area (Å²) in [6.07, 6.45) is 3.39. The number of aromatic nitrogens is 2. The van der Waals surface area contributed by atoms with Crippen LogP contribution in [0.3, 0.4) is 0 Å². The molecule has 21 heavy (non-hydrogen) atoms. The van der Waals surface area contributed by atoms with Crippen molar-refractivity contribution in [1.82, 2.24) is 15.1 Å². The van der Waals surface area contributed by atoms with Crippen LogP contribution in [-0.4, -0.2) is 33.8 Å². The summed E-state index contributed by atoms with van der Waals surface area (Å²) in [7, 11) is 1.43. The minimum Gasteiger partial charge on any atom is -0.480 e. The molecule has 2 rings (SSSR count). The van der Waals surface area contributed by atoms with E-state index in [1.807, 2.05) is 30.3 Å². The van der Waals surface area contributed by atoms with Gasteiger partial charge in [-0.15, -0.1) is 0 Å². The first-order valence-corrected chi connectivity index (χ1v) is 6.52. The summed E-state index contributed by atoms with van der Waals surface area (Å²) < 4.78 is 1.65. The summed E-state index contributed by atoms with van der Waals surface area (Å²) in [5, 5.41) is 15.9. The van der Waals surface area contributed by atoms with Gasteiger partial charge >= 0.3 is 5.97 Å². The highest BCUT2D eigenvalue weighted by Crippen LogP contribution is 2.23. The van der Waals surface area contributed by atoms with Crippen LogP contribution in [0.4, 0.5) is 0 Å². The summed E-state index contributed by atoms with van der Waals surface area (Å²) >= 11 is 0. The Hall–Kier alpha value is -2.63. The van der Waals surface area contributed by atoms with E-state index in [1.54, 1.807) is 17.1 Å². The average Bonchev–Trinajstić information content (AvgIpc) is 2.95. The van der Waals surface area contributed by atoms with Gasteiger partial charge in [0.25, 0.3) is 0 Å². The van der Waals surface area contributed by atoms with Crippen LogP contribution in [-0.2, 0) is 16.0 Å². The van der Waals surface area contributed by atoms with Gasteiger partial charge in [0.05, 0.1) is 11.9 Å². The molecular formula is C15H17N3O3. The first-order chi connectivity index (χ1) is 9.97. The van der Waals surface area contributed by atoms with Gasteiger partial charge in [-0.25, -0.2) is 4.68 Å². The Kier molecular flexibility index (Phi) is 4.07. The van der Waals surface area contributed by atoms with Crippen LogP contribution in [0.2, 0.25) is 0 Å². The van der Waals surface area contributed by atoms with Crippen molar-refractivity contribution >= 4 is 11.9 Å². The Balaban J connectivity index is 2.26. The number of carboxylic acid groups (broad SMARTS) is 1. The van der Waals surface area contributed by atoms with Crippen LogP contribution in [0, 0.1) is 5.41 Å². The number of carboxylic acids is 1. The van der Waals surface area contributed by atoms with E-state index in [0.717, 1.165) is 5.69 Å². The molecule has 0 aliphatic heterocycles. The molecule has 0 aliphatic rings. The predicted molar refractivity (Wildman–Crippen MR) is 77.1 cm³/mol. The zero-order valence-electron chi connectivity index (χ0n) is 11.9. The molecule has 110 valence electrons. The molecule has 0 saturated carbocycles. The Bertz CT molecular complexity index is 651. The fourth-order valence-electron chi connectivity index (χ4n) is 2.11. The van der Waals surface area contributed by atoms with E-state index < -0.39 is 17.3 Å². The molecule has 2 aromatic rings. The first kappa shape index (κ1) is 14.8. The van der Waals surface area contributed by atoms with Crippen LogP contribution in [0.25, 0.3) is 5.69 Å². The predicted octanol–water partition coefficient (Wildman–Crippen LogP) is 1.25. The number of para-hydroxylation sites is 1. The number of amides is 1. The van der Waals surface area contributed by atoms with Crippen LogP contribution < -0.4 is 5.32 Å². The van der Waals surface area contributed by atoms with E-state index in [9.17, 15) is 14.7 Å². The molecule has 1 aromatic heterocycles. The second kappa shape index (κ2) is 5.78. The maximum Gasteiger partial charge on any atom is 0.319 e. The molecular weight excluding hydrogens is 270 g/mol. The molecule has 1 amide bonds. The Morgan fingerprint density at radius 2 is 2.00 bits per heavy atom. The number of aliphatic carboxylic acids is 1. The zero-order valence-corrected chi connectivity index (χ0v) is 11.9. The minimum atomic E-state index is -1.51. The fourth-order valence-corrected chi connectivity index (χ4v) is 2.11. The number of carbonyl (C=O) groups excluding carboxylic acids is 1. The van der Waals surface area contributed by atoms with Crippen LogP contribution in [0.1, 0.15) is 12.5 Å². The number of hydrogen-bond acceptors (Lipinski definition) is 3. The number of benzene rings is 1. The molecule has 1 unspecified atom stereocenters. The van der Waals surface area contributed by atoms with Crippen molar-refractivity contribution in [2.45, 2.75) is 13.3 Å². The molecule has 0 fully saturated rings. The van der Waals surface area contributed by atoms with Crippen molar-refractivity contribution in [2.75, 3.05) is 7.05 Å². The van der Waals surface area contributed by atoms with E-state index in [4.69, 9.17) is 0 Å². The quantitative estimate of drug-likeness (QED) is 0.811. The SMILES string of the molecule is CNC(=O)C(C)(Cc1cnn(-c2ccccc2)c1)C(=O)O. The van der Waals surface area contributed by atoms with Gasteiger partial charge in [0, 0.05) is 19.7 Å². The maximum absolute atomic E-state index is 11.8. The van der Waals surface area contributed by atoms with Crippen molar-refractivity contribution in [3.8, 4) is 5.69 Å². The largest absolute Gasteiger partial charge is 0.480 e. The molecule has 0 saturated heterocycles. The second-order valence-electron chi connectivity index (χ2n) is 5.02. The third-order valence-corrected chi connectivity index (χ3v) is 3.41. The molecule has 6 heteroatoms. The van der Waals surface area contributed by atoms with Gasteiger partial charge in [-0.1, -0.05) is 18.2 Å². The summed E-state index contributed by atoms with van der Waals surface area (Å²) in [5.41, 5.74) is 0.0484. The zero-order chi connectivity index (χ0) is 15.5. The highest BCUT2D eigenvalue weighted by Gasteiger charge is 2.41. The van der Waals surface area contributed by atoms with Crippen molar-refractivity contribution < 1.29 is 14.7 Å². The van der Waals surface area contributed by atoms with Crippen molar-refractivity contribution in [3.05, 3.63) is 48.3 Å². The fraction of sp³-hybridized carbons (Fsp3) is 0.267. The third-order valence-electron chi connectivity index (χ3n) is 3.41. The number of carbonyl (C=O) groups is 2. The number of nitrogens with zero attached hydrogens (tertiary/aromatic N) is 2. The Morgan fingerprint density at radius 1 is 1.33 bits per heavy atom. The lowest BCUT2D eigenvalue weighted by molar-refractivity contribution is -0.154. The molecule has 6 nitrogen and oxygen atoms in total. The molecule has 0 bridgehead atoms. The van der Waals surface area contributed by atoms with Crippen molar-refractivity contribution in [1.29, 1.82) is 0 Å². The first-order valence-electron chi connectivity index (χ1n) is 6.52. The summed E-state index contributed by atoms with van der Waals surface area (Å²) in [6.45, 7) is 1.41. The lowest BCUT2D eigenvalue weighted by Crippen LogP contribution is -2.44. The van der Waals surface area contributed by atoms with E-state index >= 15 is 0 Å². The summed E-state index contributed by atoms with van der Waals surface area (Å²) in [6, 6.07) is 9.48. The maximum atomic E-state index is 11.8. The second-order valence-corrected chi connectivity index (χ2v) is 5.02. The van der Waals surface area contributed by atoms with Crippen molar-refractivity contribution in [3.63, 3.8) is 0 Å². The van der Waals surface area contributed by atoms with E-state index in [2.05, 4.69) is 10.4 Å². The van der Waals surface area contributed by atoms with Gasteiger partial charge in [0.2, 0.25) is 5.91 Å². The van der Waals surface area contributed by atoms with E-state index in [0.29, 0.717) is 5.56 Å². The number of nitrogens with one attached hydrogen (secondary N) is 1. The van der Waals surface area contributed by atoms with Gasteiger partial charge < -0.3 is 10.4 Å². The molecule has 0 spiro atoms. The lowest BCUT2D eigenvalue weighted by Gasteiger charge is -2.21. The number of rotatable bonds is 5. The van der Waals surface area contributed by atoms with Crippen LogP contribution in [0.15, 0.2) is 42.7 Å². The minimum absolute atomic E-state index is 0.0782. The van der Waals surface area contributed by atoms with Gasteiger partial charge in [0.15, 0.2) is 0 Å². The standard InChI is InChI=1S/C15H17N3O3/c1-15(14(20)21,13(19)16-2)8-11-9-17-18(10-11)12-6-4-3-5-7-12/h3-7,9-10H,8H2,1-2H3,(H,16,19)(H,20,21). The van der Waals surface area contributed by atoms with Crippen molar-refractivity contribution in [2.24, 2.45) is 5.41 Å². The molecule has 1 aromatic carbocycles. The van der Waals surface area contributed by atoms with Gasteiger partial charge in [-0.05, 0) is 24.6 Å². The third kappa shape index (κ3) is 2.94. The highest BCUT2D eigenvalue weighted by atomic mass is 16.4. The lowest BCUT2D eigenvalue weighted by atomic mass is 9.83. The molecule has 1 heterocycles. The molecule has 0 aliphatic carbocycles. The van der Waals surface area contributed by atoms with Gasteiger partial charge in [-0.3, -0.25) is 9.59 Å². The molecule has 1 atom stereocenters. The molecule has 2 N–H and O–H groups in total. The van der Waals surface area contributed by atoms with Crippen LogP contribution >= 0.6 is 0 Å². The highest BCUT2D eigenvalue weighted by molar-refractivity contribution is 6.01. The summed E-state index contributed by atoms with van der Waals surface area (Å²) in [4.78, 5) is 23.3. The van der Waals surface area contributed by atoms with Gasteiger partial charge in [-0.2, -0.15) is 5.10 Å². The van der Waals surface area contributed by atoms with Crippen LogP contribution in [0.5, 0.6) is 0 Å². The Morgan fingerprint density at radius 3 is 2.57 bits per heavy atom. The average molecular weight is 287 g/mol. The van der Waals surface area contributed by atoms with E-state index in [-0.39, 0.29) is 6.42 Å². The van der Waals surface area contributed by atoms with E-state index in [1.165, 1.54) is 14.0 Å². The van der Waals surface area contributed by atoms with Gasteiger partial charge in [0.1, 0.15) is 5.41 Å². The monoisotopic (exact) mass is 287 g/mol. The normalized spacial score (nSPS) is 13.4. The smallest absolute Gasteiger partial charge is 0.319 e. The topological polar surface area (TPSA) is 84.2 Å². The summed E-state index contributed by atoms with van der Waals surface area (Å²) in [5.74, 6) is -1.68. The number of hydrogen-bond donors (Lipinski definition) is 2. The Labute approximate surface area is 122 Å². The molecule has 0 radical (unpaired) electrons.